The number of hydrogen-bond acceptors (Lipinski definition) is 3. The van der Waals surface area contributed by atoms with Gasteiger partial charge in [-0.2, -0.15) is 0 Å². The van der Waals surface area contributed by atoms with E-state index >= 15 is 0 Å². The first-order chi connectivity index (χ1) is 6.84. The number of nitrogens with zero attached hydrogens (tertiary/aromatic N) is 1. The van der Waals surface area contributed by atoms with E-state index < -0.39 is 0 Å². The lowest BCUT2D eigenvalue weighted by Crippen LogP contribution is -2.45. The number of likely N-dealkylation sites (N-methyl/N-ethyl adjacent to an activating group) is 1. The lowest BCUT2D eigenvalue weighted by Gasteiger charge is -2.25. The molecule has 3 nitrogen and oxygen atoms in total. The van der Waals surface area contributed by atoms with Crippen molar-refractivity contribution in [3.8, 4) is 0 Å². The van der Waals surface area contributed by atoms with Crippen LogP contribution in [0.2, 0.25) is 0 Å². The molecule has 2 rings (SSSR count). The molecule has 0 saturated carbocycles. The molecule has 0 aliphatic carbocycles. The van der Waals surface area contributed by atoms with Crippen LogP contribution in [0.15, 0.2) is 0 Å². The minimum atomic E-state index is 0.731. The van der Waals surface area contributed by atoms with Crippen molar-refractivity contribution in [2.24, 2.45) is 0 Å². The fourth-order valence-electron chi connectivity index (χ4n) is 2.51. The van der Waals surface area contributed by atoms with E-state index in [1.807, 2.05) is 0 Å². The Hall–Kier alpha value is -0.120. The number of likely N-dealkylation sites (tertiary alicyclic amines) is 1. The van der Waals surface area contributed by atoms with Crippen LogP contribution in [0.4, 0.5) is 0 Å². The molecule has 2 heterocycles. The van der Waals surface area contributed by atoms with Gasteiger partial charge in [0.05, 0.1) is 0 Å². The standard InChI is InChI=1S/C11H23N3/c1-14-7-5-11(9-14)13-8-10-4-2-3-6-12-10/h10-13H,2-9H2,1H3. The number of rotatable bonds is 3. The van der Waals surface area contributed by atoms with Gasteiger partial charge < -0.3 is 15.5 Å². The molecular weight excluding hydrogens is 174 g/mol. The number of hydrogen-bond donors (Lipinski definition) is 2. The van der Waals surface area contributed by atoms with E-state index in [0.717, 1.165) is 12.1 Å². The fourth-order valence-corrected chi connectivity index (χ4v) is 2.51. The molecule has 0 radical (unpaired) electrons. The number of piperidine rings is 1. The van der Waals surface area contributed by atoms with Crippen molar-refractivity contribution >= 4 is 0 Å². The first-order valence-corrected chi connectivity index (χ1v) is 6.00. The molecular formula is C11H23N3. The molecule has 2 saturated heterocycles. The third-order valence-electron chi connectivity index (χ3n) is 3.46. The van der Waals surface area contributed by atoms with Gasteiger partial charge in [-0.15, -0.1) is 0 Å². The Morgan fingerprint density at radius 3 is 2.93 bits per heavy atom. The fraction of sp³-hybridized carbons (Fsp3) is 1.00. The second-order valence-electron chi connectivity index (χ2n) is 4.80. The van der Waals surface area contributed by atoms with Gasteiger partial charge >= 0.3 is 0 Å². The Labute approximate surface area is 87.2 Å². The van der Waals surface area contributed by atoms with Gasteiger partial charge in [0.25, 0.3) is 0 Å². The van der Waals surface area contributed by atoms with Gasteiger partial charge in [-0.1, -0.05) is 6.42 Å². The summed E-state index contributed by atoms with van der Waals surface area (Å²) in [6.07, 6.45) is 5.45. The van der Waals surface area contributed by atoms with Crippen LogP contribution in [-0.4, -0.2) is 50.2 Å². The predicted octanol–water partition coefficient (Wildman–Crippen LogP) is 0.422. The minimum Gasteiger partial charge on any atom is -0.313 e. The Balaban J connectivity index is 1.61. The van der Waals surface area contributed by atoms with E-state index in [9.17, 15) is 0 Å². The topological polar surface area (TPSA) is 27.3 Å². The molecule has 82 valence electrons. The average molecular weight is 197 g/mol. The smallest absolute Gasteiger partial charge is 0.0207 e. The highest BCUT2D eigenvalue weighted by Gasteiger charge is 2.20. The van der Waals surface area contributed by atoms with Crippen molar-refractivity contribution in [3.63, 3.8) is 0 Å². The third kappa shape index (κ3) is 2.94. The maximum atomic E-state index is 3.68. The average Bonchev–Trinajstić information content (AvgIpc) is 2.63. The molecule has 2 unspecified atom stereocenters. The summed E-state index contributed by atoms with van der Waals surface area (Å²) < 4.78 is 0. The van der Waals surface area contributed by atoms with Gasteiger partial charge in [0.15, 0.2) is 0 Å². The van der Waals surface area contributed by atoms with Crippen molar-refractivity contribution < 1.29 is 0 Å². The maximum Gasteiger partial charge on any atom is 0.0207 e. The molecule has 2 aliphatic rings. The van der Waals surface area contributed by atoms with Crippen LogP contribution in [0.3, 0.4) is 0 Å². The Bertz CT molecular complexity index is 161. The van der Waals surface area contributed by atoms with E-state index in [2.05, 4.69) is 22.6 Å². The minimum absolute atomic E-state index is 0.731. The SMILES string of the molecule is CN1CCC(NCC2CCCCN2)C1. The molecule has 3 heteroatoms. The highest BCUT2D eigenvalue weighted by Crippen LogP contribution is 2.09. The summed E-state index contributed by atoms with van der Waals surface area (Å²) in [5.41, 5.74) is 0. The zero-order valence-electron chi connectivity index (χ0n) is 9.26. The summed E-state index contributed by atoms with van der Waals surface area (Å²) in [6, 6.07) is 1.47. The third-order valence-corrected chi connectivity index (χ3v) is 3.46. The van der Waals surface area contributed by atoms with Crippen LogP contribution in [0.5, 0.6) is 0 Å². The van der Waals surface area contributed by atoms with E-state index in [0.29, 0.717) is 0 Å². The molecule has 2 fully saturated rings. The van der Waals surface area contributed by atoms with Gasteiger partial charge in [-0.3, -0.25) is 0 Å². The van der Waals surface area contributed by atoms with Crippen molar-refractivity contribution in [2.75, 3.05) is 33.2 Å². The van der Waals surface area contributed by atoms with Crippen LogP contribution in [0.25, 0.3) is 0 Å². The van der Waals surface area contributed by atoms with Crippen LogP contribution < -0.4 is 10.6 Å². The highest BCUT2D eigenvalue weighted by atomic mass is 15.2. The molecule has 0 aromatic carbocycles. The summed E-state index contributed by atoms with van der Waals surface area (Å²) >= 11 is 0. The summed E-state index contributed by atoms with van der Waals surface area (Å²) in [6.45, 7) is 4.87. The quantitative estimate of drug-likeness (QED) is 0.687. The molecule has 0 spiro atoms. The largest absolute Gasteiger partial charge is 0.313 e. The van der Waals surface area contributed by atoms with E-state index in [4.69, 9.17) is 0 Å². The van der Waals surface area contributed by atoms with Crippen LogP contribution >= 0.6 is 0 Å². The lowest BCUT2D eigenvalue weighted by atomic mass is 10.0. The summed E-state index contributed by atoms with van der Waals surface area (Å²) in [5.74, 6) is 0. The van der Waals surface area contributed by atoms with Crippen LogP contribution in [0, 0.1) is 0 Å². The monoisotopic (exact) mass is 197 g/mol. The van der Waals surface area contributed by atoms with Crippen molar-refractivity contribution in [3.05, 3.63) is 0 Å². The van der Waals surface area contributed by atoms with E-state index in [1.165, 1.54) is 51.9 Å². The molecule has 0 bridgehead atoms. The summed E-state index contributed by atoms with van der Waals surface area (Å²) in [4.78, 5) is 2.41. The first kappa shape index (κ1) is 10.4. The maximum absolute atomic E-state index is 3.68. The van der Waals surface area contributed by atoms with E-state index in [1.54, 1.807) is 0 Å². The Kier molecular flexibility index (Phi) is 3.79. The molecule has 2 aliphatic heterocycles. The van der Waals surface area contributed by atoms with Gasteiger partial charge in [0, 0.05) is 25.2 Å². The predicted molar refractivity (Wildman–Crippen MR) is 59.5 cm³/mol. The zero-order valence-corrected chi connectivity index (χ0v) is 9.26. The van der Waals surface area contributed by atoms with Crippen molar-refractivity contribution in [1.29, 1.82) is 0 Å². The highest BCUT2D eigenvalue weighted by molar-refractivity contribution is 4.82. The molecule has 2 N–H and O–H groups in total. The number of nitrogens with one attached hydrogen (secondary N) is 2. The van der Waals surface area contributed by atoms with Gasteiger partial charge in [0.2, 0.25) is 0 Å². The molecule has 0 amide bonds. The van der Waals surface area contributed by atoms with Crippen LogP contribution in [-0.2, 0) is 0 Å². The lowest BCUT2D eigenvalue weighted by molar-refractivity contribution is 0.356. The first-order valence-electron chi connectivity index (χ1n) is 6.00. The molecule has 2 atom stereocenters. The van der Waals surface area contributed by atoms with Gasteiger partial charge in [-0.25, -0.2) is 0 Å². The second-order valence-corrected chi connectivity index (χ2v) is 4.80. The Morgan fingerprint density at radius 2 is 2.29 bits per heavy atom. The van der Waals surface area contributed by atoms with Crippen molar-refractivity contribution in [2.45, 2.75) is 37.8 Å². The molecule has 0 aromatic heterocycles. The van der Waals surface area contributed by atoms with Crippen LogP contribution in [0.1, 0.15) is 25.7 Å². The van der Waals surface area contributed by atoms with Gasteiger partial charge in [0.1, 0.15) is 0 Å². The van der Waals surface area contributed by atoms with Gasteiger partial charge in [-0.05, 0) is 39.4 Å². The summed E-state index contributed by atoms with van der Waals surface area (Å²) in [7, 11) is 2.21. The molecule has 0 aromatic rings. The van der Waals surface area contributed by atoms with Crippen molar-refractivity contribution in [1.82, 2.24) is 15.5 Å². The van der Waals surface area contributed by atoms with E-state index in [-0.39, 0.29) is 0 Å². The molecule has 14 heavy (non-hydrogen) atoms. The summed E-state index contributed by atoms with van der Waals surface area (Å²) in [5, 5.41) is 7.26. The second kappa shape index (κ2) is 5.10. The zero-order chi connectivity index (χ0) is 9.80. The Morgan fingerprint density at radius 1 is 1.36 bits per heavy atom. The normalized spacial score (nSPS) is 34.9.